The molecule has 4 unspecified atom stereocenters. The second-order valence-corrected chi connectivity index (χ2v) is 30.2. The average Bonchev–Trinajstić information content (AvgIpc) is 1.18. The molecule has 4 fully saturated rings. The first-order chi connectivity index (χ1) is 46.3. The molecule has 0 bridgehead atoms. The summed E-state index contributed by atoms with van der Waals surface area (Å²) in [7, 11) is 8.61. The minimum absolute atomic E-state index is 0.0219. The predicted molar refractivity (Wildman–Crippen MR) is 374 cm³/mol. The normalized spacial score (nSPS) is 28.4. The number of unbranched alkanes of at least 4 members (excludes halogenated alkanes) is 1. The molecular formula is C71H125N13O15. The van der Waals surface area contributed by atoms with Gasteiger partial charge in [0.25, 0.3) is 5.91 Å². The minimum Gasteiger partial charge on any atom is -0.379 e. The monoisotopic (exact) mass is 1400 g/mol. The van der Waals surface area contributed by atoms with Crippen molar-refractivity contribution in [2.45, 2.75) is 266 Å². The fourth-order valence-corrected chi connectivity index (χ4v) is 13.2. The van der Waals surface area contributed by atoms with Crippen molar-refractivity contribution in [3.05, 3.63) is 0 Å². The van der Waals surface area contributed by atoms with E-state index in [0.29, 0.717) is 32.5 Å². The van der Waals surface area contributed by atoms with Gasteiger partial charge in [-0.2, -0.15) is 0 Å². The molecule has 14 atom stereocenters. The highest BCUT2D eigenvalue weighted by molar-refractivity contribution is 6.00. The van der Waals surface area contributed by atoms with Gasteiger partial charge in [-0.25, -0.2) is 5.06 Å². The van der Waals surface area contributed by atoms with E-state index in [-0.39, 0.29) is 68.4 Å². The van der Waals surface area contributed by atoms with Crippen LogP contribution in [0.15, 0.2) is 0 Å². The van der Waals surface area contributed by atoms with E-state index >= 15 is 28.8 Å². The zero-order valence-corrected chi connectivity index (χ0v) is 63.8. The van der Waals surface area contributed by atoms with Crippen LogP contribution in [0.1, 0.15) is 181 Å². The second-order valence-electron chi connectivity index (χ2n) is 30.2. The van der Waals surface area contributed by atoms with Crippen molar-refractivity contribution >= 4 is 70.9 Å². The molecule has 12 amide bonds. The topological polar surface area (TPSA) is 319 Å². The number of nitrogens with one attached hydrogen (secondary N) is 5. The Hall–Kier alpha value is -6.52. The highest BCUT2D eigenvalue weighted by Crippen LogP contribution is 2.35. The van der Waals surface area contributed by atoms with Crippen molar-refractivity contribution < 1.29 is 71.8 Å². The molecule has 0 radical (unpaired) electrons. The van der Waals surface area contributed by atoms with Crippen molar-refractivity contribution in [3.63, 3.8) is 0 Å². The van der Waals surface area contributed by atoms with Gasteiger partial charge in [0.05, 0.1) is 19.3 Å². The average molecular weight is 1400 g/mol. The number of carbonyl (C=O) groups is 12. The number of likely N-dealkylation sites (N-methyl/N-ethyl adjacent to an activating group) is 6. The summed E-state index contributed by atoms with van der Waals surface area (Å²) in [5.41, 5.74) is 0. The maximum atomic E-state index is 15.3. The van der Waals surface area contributed by atoms with E-state index in [1.807, 2.05) is 48.5 Å². The lowest BCUT2D eigenvalue weighted by Crippen LogP contribution is -2.72. The SMILES string of the molecule is CCC1NC(=O)[C@@H]2[C@@H]([C@H](C)CCCC(=O)NC3CC3)ON2C(=O)[C@H](C(C)C)N(C)C(=O)[C@H](CC(C)C)N(C)C(=O)[C@H](CC(C)C)N(C)C(=O)[C@@H](C)NC(=O)C(C)NC(=O)[C@H](CC(C)C)N(C)C(=O)C(C(C)C)NC(=O)C([C@@H](C)OCCCCN2CCOCC2)N(C)C(=O)[C@@H](C)N(C)C1=O. The Bertz CT molecular complexity index is 2760. The van der Waals surface area contributed by atoms with Crippen LogP contribution in [-0.2, 0) is 71.8 Å². The van der Waals surface area contributed by atoms with E-state index in [9.17, 15) is 28.8 Å². The largest absolute Gasteiger partial charge is 0.379 e. The van der Waals surface area contributed by atoms with Crippen LogP contribution in [0, 0.1) is 35.5 Å². The van der Waals surface area contributed by atoms with Gasteiger partial charge in [-0.3, -0.25) is 67.3 Å². The molecule has 4 rings (SSSR count). The van der Waals surface area contributed by atoms with Crippen LogP contribution in [0.3, 0.4) is 0 Å². The molecule has 1 saturated carbocycles. The third kappa shape index (κ3) is 23.5. The molecular weight excluding hydrogens is 1270 g/mol. The van der Waals surface area contributed by atoms with Crippen LogP contribution in [0.5, 0.6) is 0 Å². The Morgan fingerprint density at radius 3 is 1.60 bits per heavy atom. The smallest absolute Gasteiger partial charge is 0.270 e. The van der Waals surface area contributed by atoms with Gasteiger partial charge in [0.2, 0.25) is 65.0 Å². The summed E-state index contributed by atoms with van der Waals surface area (Å²) in [5, 5.41) is 15.1. The van der Waals surface area contributed by atoms with Crippen molar-refractivity contribution in [3.8, 4) is 0 Å². The van der Waals surface area contributed by atoms with Crippen LogP contribution in [0.4, 0.5) is 0 Å². The summed E-state index contributed by atoms with van der Waals surface area (Å²) >= 11 is 0. The molecule has 564 valence electrons. The summed E-state index contributed by atoms with van der Waals surface area (Å²) in [6.07, 6.45) is 2.81. The van der Waals surface area contributed by atoms with Gasteiger partial charge >= 0.3 is 0 Å². The van der Waals surface area contributed by atoms with E-state index in [4.69, 9.17) is 14.3 Å². The third-order valence-corrected chi connectivity index (χ3v) is 19.8. The molecule has 4 aliphatic rings. The highest BCUT2D eigenvalue weighted by Gasteiger charge is 2.55. The Morgan fingerprint density at radius 1 is 0.535 bits per heavy atom. The van der Waals surface area contributed by atoms with Crippen LogP contribution in [-0.4, -0.2) is 277 Å². The molecule has 0 aromatic heterocycles. The van der Waals surface area contributed by atoms with Gasteiger partial charge in [-0.15, -0.1) is 0 Å². The van der Waals surface area contributed by atoms with Gasteiger partial charge in [-0.1, -0.05) is 83.1 Å². The summed E-state index contributed by atoms with van der Waals surface area (Å²) < 4.78 is 11.9. The highest BCUT2D eigenvalue weighted by atomic mass is 16.7. The number of hydrogen-bond donors (Lipinski definition) is 5. The molecule has 0 aromatic rings. The van der Waals surface area contributed by atoms with E-state index in [1.165, 1.54) is 92.5 Å². The maximum absolute atomic E-state index is 15.3. The Morgan fingerprint density at radius 2 is 1.06 bits per heavy atom. The van der Waals surface area contributed by atoms with Crippen molar-refractivity contribution in [1.29, 1.82) is 0 Å². The Balaban J connectivity index is 1.87. The van der Waals surface area contributed by atoms with Crippen molar-refractivity contribution in [1.82, 2.24) is 65.9 Å². The molecule has 3 aliphatic heterocycles. The number of ether oxygens (including phenoxy) is 2. The number of rotatable bonds is 22. The Kier molecular flexibility index (Phi) is 33.5. The quantitative estimate of drug-likeness (QED) is 0.0974. The van der Waals surface area contributed by atoms with E-state index in [2.05, 4.69) is 31.5 Å². The first kappa shape index (κ1) is 84.9. The lowest BCUT2D eigenvalue weighted by molar-refractivity contribution is -0.322. The van der Waals surface area contributed by atoms with Gasteiger partial charge in [-0.05, 0) is 134 Å². The van der Waals surface area contributed by atoms with E-state index < -0.39 is 161 Å². The molecule has 3 saturated heterocycles. The van der Waals surface area contributed by atoms with Crippen LogP contribution >= 0.6 is 0 Å². The van der Waals surface area contributed by atoms with Crippen LogP contribution < -0.4 is 26.6 Å². The number of morpholine rings is 1. The fraction of sp³-hybridized carbons (Fsp3) is 0.831. The molecule has 0 spiro atoms. The maximum Gasteiger partial charge on any atom is 0.270 e. The van der Waals surface area contributed by atoms with Gasteiger partial charge < -0.3 is 65.5 Å². The first-order valence-electron chi connectivity index (χ1n) is 36.3. The molecule has 99 heavy (non-hydrogen) atoms. The first-order valence-corrected chi connectivity index (χ1v) is 36.3. The standard InChI is InChI=1S/C71H125N13O15/c1-23-51-67(92)77(17)48(15)66(91)82(22)58(49(16)98-34-25-24-31-83-32-35-97-36-33-83)63(88)76-56(43(8)9)70(95)78(18)52(37-40(2)3)62(87)72-46(13)61(86)73-47(14)65(90)79(19)53(38-41(4)5)68(93)80(20)54(39-42(6)7)69(94)81(21)57(44(10)11)71(96)84-59(64(89)75-51)60(99-84)45(12)27-26-28-55(85)74-50-29-30-50/h40-54,56-60H,23-39H2,1-22H3,(H,72,87)(H,73,86)(H,74,85)(H,75,89)(H,76,88)/t45-,46?,47-,48-,49-,51?,52+,53+,54+,56?,57+,58?,59+,60-/m1/s1. The van der Waals surface area contributed by atoms with Crippen molar-refractivity contribution in [2.24, 2.45) is 35.5 Å². The summed E-state index contributed by atoms with van der Waals surface area (Å²) in [4.78, 5) is 193. The number of amides is 12. The molecule has 1 aliphatic carbocycles. The number of nitrogens with zero attached hydrogens (tertiary/aromatic N) is 8. The van der Waals surface area contributed by atoms with E-state index in [1.54, 1.807) is 41.5 Å². The lowest BCUT2D eigenvalue weighted by Gasteiger charge is -2.50. The van der Waals surface area contributed by atoms with Gasteiger partial charge in [0.1, 0.15) is 66.5 Å². The molecule has 5 N–H and O–H groups in total. The summed E-state index contributed by atoms with van der Waals surface area (Å²) in [5.74, 6) is -9.77. The predicted octanol–water partition coefficient (Wildman–Crippen LogP) is 2.93. The minimum atomic E-state index is -1.40. The summed E-state index contributed by atoms with van der Waals surface area (Å²) in [6.45, 7) is 31.6. The van der Waals surface area contributed by atoms with Crippen molar-refractivity contribution in [2.75, 3.05) is 81.7 Å². The lowest BCUT2D eigenvalue weighted by atomic mass is 9.88. The number of carbonyl (C=O) groups excluding carboxylic acids is 12. The van der Waals surface area contributed by atoms with Crippen LogP contribution in [0.25, 0.3) is 0 Å². The van der Waals surface area contributed by atoms with Gasteiger partial charge in [0, 0.05) is 74.4 Å². The number of hydrogen-bond acceptors (Lipinski definition) is 16. The fourth-order valence-electron chi connectivity index (χ4n) is 13.2. The van der Waals surface area contributed by atoms with Crippen LogP contribution in [0.2, 0.25) is 0 Å². The third-order valence-electron chi connectivity index (χ3n) is 19.8. The van der Waals surface area contributed by atoms with Gasteiger partial charge in [0.15, 0.2) is 6.04 Å². The van der Waals surface area contributed by atoms with E-state index in [0.717, 1.165) is 44.0 Å². The zero-order chi connectivity index (χ0) is 74.8. The number of hydroxylamine groups is 2. The molecule has 28 heteroatoms. The number of fused-ring (bicyclic) bond motifs is 1. The molecule has 0 aromatic carbocycles. The second kappa shape index (κ2) is 39.1. The molecule has 28 nitrogen and oxygen atoms in total. The Labute approximate surface area is 589 Å². The summed E-state index contributed by atoms with van der Waals surface area (Å²) in [6, 6.07) is -13.7. The molecule has 3 heterocycles. The zero-order valence-electron chi connectivity index (χ0n) is 63.8.